The normalized spacial score (nSPS) is 11.1. The molecule has 1 aromatic rings. The van der Waals surface area contributed by atoms with Crippen LogP contribution in [-0.2, 0) is 16.1 Å². The number of nitrogens with one attached hydrogen (secondary N) is 2. The van der Waals surface area contributed by atoms with Gasteiger partial charge in [-0.2, -0.15) is 0 Å². The molecule has 0 saturated carbocycles. The van der Waals surface area contributed by atoms with Crippen LogP contribution in [0.5, 0.6) is 0 Å². The van der Waals surface area contributed by atoms with Gasteiger partial charge >= 0.3 is 5.97 Å². The summed E-state index contributed by atoms with van der Waals surface area (Å²) in [5.74, 6) is 1.19. The highest BCUT2D eigenvalue weighted by molar-refractivity contribution is 5.80. The summed E-state index contributed by atoms with van der Waals surface area (Å²) < 4.78 is 9.70. The minimum atomic E-state index is -0.251. The molecule has 94 valence electrons. The van der Waals surface area contributed by atoms with Crippen molar-refractivity contribution in [3.8, 4) is 0 Å². The van der Waals surface area contributed by atoms with Crippen molar-refractivity contribution in [1.82, 2.24) is 10.6 Å². The van der Waals surface area contributed by atoms with Crippen molar-refractivity contribution in [1.29, 1.82) is 0 Å². The molecule has 0 atom stereocenters. The van der Waals surface area contributed by atoms with E-state index in [-0.39, 0.29) is 5.97 Å². The molecular formula is C11H17N3O3. The van der Waals surface area contributed by atoms with Gasteiger partial charge in [-0.3, -0.25) is 9.79 Å². The van der Waals surface area contributed by atoms with Crippen molar-refractivity contribution in [3.63, 3.8) is 0 Å². The summed E-state index contributed by atoms with van der Waals surface area (Å²) in [6.07, 6.45) is 1.92. The maximum absolute atomic E-state index is 10.9. The zero-order valence-corrected chi connectivity index (χ0v) is 10.0. The second kappa shape index (κ2) is 7.32. The highest BCUT2D eigenvalue weighted by atomic mass is 16.5. The molecule has 17 heavy (non-hydrogen) atoms. The summed E-state index contributed by atoms with van der Waals surface area (Å²) in [5.41, 5.74) is 0. The van der Waals surface area contributed by atoms with Crippen LogP contribution in [-0.4, -0.2) is 32.6 Å². The van der Waals surface area contributed by atoms with E-state index >= 15 is 0 Å². The van der Waals surface area contributed by atoms with E-state index in [1.54, 1.807) is 13.3 Å². The first-order valence-corrected chi connectivity index (χ1v) is 5.30. The molecule has 0 saturated heterocycles. The smallest absolute Gasteiger partial charge is 0.307 e. The number of methoxy groups -OCH3 is 1. The summed E-state index contributed by atoms with van der Waals surface area (Å²) in [6.45, 7) is 1.02. The van der Waals surface area contributed by atoms with Crippen molar-refractivity contribution >= 4 is 11.9 Å². The molecule has 0 spiro atoms. The SMILES string of the molecule is CN=C(NCCC(=O)OC)NCc1ccco1. The Kier molecular flexibility index (Phi) is 5.63. The van der Waals surface area contributed by atoms with Crippen LogP contribution in [0.2, 0.25) is 0 Å². The van der Waals surface area contributed by atoms with Gasteiger partial charge in [0.2, 0.25) is 0 Å². The van der Waals surface area contributed by atoms with Gasteiger partial charge in [-0.05, 0) is 12.1 Å². The topological polar surface area (TPSA) is 75.9 Å². The Morgan fingerprint density at radius 2 is 2.35 bits per heavy atom. The van der Waals surface area contributed by atoms with Crippen LogP contribution in [0.1, 0.15) is 12.2 Å². The minimum Gasteiger partial charge on any atom is -0.469 e. The number of nitrogens with zero attached hydrogens (tertiary/aromatic N) is 1. The monoisotopic (exact) mass is 239 g/mol. The van der Waals surface area contributed by atoms with Crippen LogP contribution in [0.3, 0.4) is 0 Å². The van der Waals surface area contributed by atoms with Gasteiger partial charge < -0.3 is 19.8 Å². The second-order valence-corrected chi connectivity index (χ2v) is 3.26. The Morgan fingerprint density at radius 1 is 1.53 bits per heavy atom. The Morgan fingerprint density at radius 3 is 2.94 bits per heavy atom. The zero-order chi connectivity index (χ0) is 12.5. The van der Waals surface area contributed by atoms with Gasteiger partial charge in [-0.1, -0.05) is 0 Å². The van der Waals surface area contributed by atoms with Crippen LogP contribution in [0.4, 0.5) is 0 Å². The average molecular weight is 239 g/mol. The number of hydrogen-bond donors (Lipinski definition) is 2. The van der Waals surface area contributed by atoms with Crippen LogP contribution in [0.15, 0.2) is 27.8 Å². The first kappa shape index (κ1) is 13.1. The fourth-order valence-corrected chi connectivity index (χ4v) is 1.19. The van der Waals surface area contributed by atoms with Gasteiger partial charge in [0, 0.05) is 13.6 Å². The molecule has 0 radical (unpaired) electrons. The summed E-state index contributed by atoms with van der Waals surface area (Å²) in [4.78, 5) is 14.9. The highest BCUT2D eigenvalue weighted by Gasteiger charge is 2.02. The molecule has 0 bridgehead atoms. The summed E-state index contributed by atoms with van der Waals surface area (Å²) in [6, 6.07) is 3.69. The lowest BCUT2D eigenvalue weighted by Crippen LogP contribution is -2.37. The lowest BCUT2D eigenvalue weighted by molar-refractivity contribution is -0.140. The molecule has 0 aliphatic rings. The number of ether oxygens (including phenoxy) is 1. The van der Waals surface area contributed by atoms with Crippen LogP contribution >= 0.6 is 0 Å². The Labute approximate surface area is 100 Å². The van der Waals surface area contributed by atoms with E-state index < -0.39 is 0 Å². The third-order valence-electron chi connectivity index (χ3n) is 2.08. The van der Waals surface area contributed by atoms with Crippen LogP contribution < -0.4 is 10.6 Å². The predicted molar refractivity (Wildman–Crippen MR) is 63.5 cm³/mol. The summed E-state index contributed by atoms with van der Waals surface area (Å²) in [5, 5.41) is 6.05. The number of furan rings is 1. The molecular weight excluding hydrogens is 222 g/mol. The molecule has 1 aromatic heterocycles. The van der Waals surface area contributed by atoms with Gasteiger partial charge in [0.05, 0.1) is 26.3 Å². The first-order valence-electron chi connectivity index (χ1n) is 5.30. The molecule has 0 fully saturated rings. The average Bonchev–Trinajstić information content (AvgIpc) is 2.86. The van der Waals surface area contributed by atoms with E-state index in [4.69, 9.17) is 4.42 Å². The number of esters is 1. The quantitative estimate of drug-likeness (QED) is 0.445. The first-order chi connectivity index (χ1) is 8.26. The van der Waals surface area contributed by atoms with E-state index in [0.717, 1.165) is 5.76 Å². The number of rotatable bonds is 5. The van der Waals surface area contributed by atoms with Gasteiger partial charge in [0.25, 0.3) is 0 Å². The number of guanidine groups is 1. The second-order valence-electron chi connectivity index (χ2n) is 3.26. The van der Waals surface area contributed by atoms with Gasteiger partial charge in [-0.25, -0.2) is 0 Å². The van der Waals surface area contributed by atoms with Crippen molar-refractivity contribution in [2.75, 3.05) is 20.7 Å². The van der Waals surface area contributed by atoms with E-state index in [9.17, 15) is 4.79 Å². The fourth-order valence-electron chi connectivity index (χ4n) is 1.19. The van der Waals surface area contributed by atoms with E-state index in [1.165, 1.54) is 7.11 Å². The molecule has 1 heterocycles. The van der Waals surface area contributed by atoms with Crippen molar-refractivity contribution in [2.24, 2.45) is 4.99 Å². The summed E-state index contributed by atoms with van der Waals surface area (Å²) >= 11 is 0. The third kappa shape index (κ3) is 5.05. The van der Waals surface area contributed by atoms with Crippen molar-refractivity contribution in [3.05, 3.63) is 24.2 Å². The van der Waals surface area contributed by atoms with Crippen LogP contribution in [0.25, 0.3) is 0 Å². The minimum absolute atomic E-state index is 0.251. The largest absolute Gasteiger partial charge is 0.469 e. The van der Waals surface area contributed by atoms with Gasteiger partial charge in [0.15, 0.2) is 5.96 Å². The molecule has 2 N–H and O–H groups in total. The number of carbonyl (C=O) groups excluding carboxylic acids is 1. The third-order valence-corrected chi connectivity index (χ3v) is 2.08. The standard InChI is InChI=1S/C11H17N3O3/c1-12-11(13-6-5-10(15)16-2)14-8-9-4-3-7-17-9/h3-4,7H,5-6,8H2,1-2H3,(H2,12,13,14). The van der Waals surface area contributed by atoms with Gasteiger partial charge in [-0.15, -0.1) is 0 Å². The molecule has 0 aliphatic heterocycles. The predicted octanol–water partition coefficient (Wildman–Crippen LogP) is 0.508. The Hall–Kier alpha value is -1.98. The Bertz CT molecular complexity index is 360. The van der Waals surface area contributed by atoms with Gasteiger partial charge in [0.1, 0.15) is 5.76 Å². The highest BCUT2D eigenvalue weighted by Crippen LogP contribution is 1.98. The van der Waals surface area contributed by atoms with Crippen molar-refractivity contribution in [2.45, 2.75) is 13.0 Å². The fraction of sp³-hybridized carbons (Fsp3) is 0.455. The molecule has 0 unspecified atom stereocenters. The number of aliphatic imine (C=N–C) groups is 1. The maximum atomic E-state index is 10.9. The molecule has 0 amide bonds. The van der Waals surface area contributed by atoms with E-state index in [0.29, 0.717) is 25.5 Å². The van der Waals surface area contributed by atoms with E-state index in [2.05, 4.69) is 20.4 Å². The molecule has 0 aromatic carbocycles. The zero-order valence-electron chi connectivity index (χ0n) is 10.0. The molecule has 6 nitrogen and oxygen atoms in total. The number of hydrogen-bond acceptors (Lipinski definition) is 4. The number of carbonyl (C=O) groups is 1. The lowest BCUT2D eigenvalue weighted by atomic mass is 10.4. The maximum Gasteiger partial charge on any atom is 0.307 e. The van der Waals surface area contributed by atoms with Crippen LogP contribution in [0, 0.1) is 0 Å². The van der Waals surface area contributed by atoms with E-state index in [1.807, 2.05) is 12.1 Å². The van der Waals surface area contributed by atoms with Crippen molar-refractivity contribution < 1.29 is 13.9 Å². The molecule has 1 rings (SSSR count). The summed E-state index contributed by atoms with van der Waals surface area (Å²) in [7, 11) is 3.03. The lowest BCUT2D eigenvalue weighted by Gasteiger charge is -2.10. The molecule has 6 heteroatoms. The molecule has 0 aliphatic carbocycles. The Balaban J connectivity index is 2.23.